The molecule has 4 unspecified atom stereocenters. The Morgan fingerprint density at radius 1 is 0.957 bits per heavy atom. The summed E-state index contributed by atoms with van der Waals surface area (Å²) < 4.78 is 0. The Balaban J connectivity index is 0.00000192. The van der Waals surface area contributed by atoms with Crippen LogP contribution in [-0.2, 0) is 32.7 Å². The van der Waals surface area contributed by atoms with Crippen LogP contribution < -0.4 is 0 Å². The predicted octanol–water partition coefficient (Wildman–Crippen LogP) is 6.69. The summed E-state index contributed by atoms with van der Waals surface area (Å²) in [7, 11) is -0.147. The summed E-state index contributed by atoms with van der Waals surface area (Å²) >= 11 is 0. The molecule has 2 fully saturated rings. The molecule has 1 aromatic carbocycles. The normalized spacial score (nSPS) is 37.7. The average molecular weight is 419 g/mol. The van der Waals surface area contributed by atoms with Crippen molar-refractivity contribution >= 4 is 21.2 Å². The first-order chi connectivity index (χ1) is 10.6. The zero-order valence-electron chi connectivity index (χ0n) is 14.9. The van der Waals surface area contributed by atoms with Crippen molar-refractivity contribution in [2.75, 3.05) is 0 Å². The van der Waals surface area contributed by atoms with Crippen molar-refractivity contribution in [3.05, 3.63) is 41.7 Å². The van der Waals surface area contributed by atoms with Gasteiger partial charge in [-0.15, -0.1) is 6.07 Å². The first-order valence-corrected chi connectivity index (χ1v) is 11.7. The van der Waals surface area contributed by atoms with Crippen LogP contribution in [0.25, 0.3) is 5.31 Å². The Morgan fingerprint density at radius 2 is 1.52 bits per heavy atom. The van der Waals surface area contributed by atoms with E-state index >= 15 is 0 Å². The smallest absolute Gasteiger partial charge is 0 e. The molecule has 0 nitrogen and oxygen atoms in total. The van der Waals surface area contributed by atoms with Crippen molar-refractivity contribution in [1.29, 1.82) is 0 Å². The molecule has 0 amide bonds. The molecule has 23 heavy (non-hydrogen) atoms. The Bertz CT molecular complexity index is 508. The van der Waals surface area contributed by atoms with E-state index in [4.69, 9.17) is 0 Å². The van der Waals surface area contributed by atoms with Crippen LogP contribution in [0.1, 0.15) is 58.9 Å². The van der Waals surface area contributed by atoms with Crippen LogP contribution in [0.5, 0.6) is 0 Å². The van der Waals surface area contributed by atoms with Gasteiger partial charge in [0.15, 0.2) is 0 Å². The average Bonchev–Trinajstić information content (AvgIpc) is 3.01. The van der Waals surface area contributed by atoms with E-state index < -0.39 is 0 Å². The summed E-state index contributed by atoms with van der Waals surface area (Å²) in [4.78, 5) is 0. The van der Waals surface area contributed by atoms with Gasteiger partial charge in [-0.2, -0.15) is 28.0 Å². The Labute approximate surface area is 170 Å². The maximum Gasteiger partial charge on any atom is 0 e. The topological polar surface area (TPSA) is 0 Å². The molecule has 123 valence electrons. The van der Waals surface area contributed by atoms with Gasteiger partial charge in [0.2, 0.25) is 0 Å². The van der Waals surface area contributed by atoms with E-state index in [1.165, 1.54) is 31.2 Å². The standard InChI is InChI=1S/C20H28P2.Y/c1-15-10-11-16(2)21(15)14-20(19-8-6-5-7-9-19)22-17(3)12-13-18(22)4;/h5-8,15-18H,10-13H2,1-4H3;/q-2;. The van der Waals surface area contributed by atoms with Crippen LogP contribution in [0.2, 0.25) is 0 Å². The summed E-state index contributed by atoms with van der Waals surface area (Å²) in [5.74, 6) is 4.11. The second-order valence-corrected chi connectivity index (χ2v) is 12.9. The maximum atomic E-state index is 4.11. The van der Waals surface area contributed by atoms with Crippen molar-refractivity contribution in [1.82, 2.24) is 0 Å². The van der Waals surface area contributed by atoms with Gasteiger partial charge in [-0.3, -0.25) is 16.7 Å². The summed E-state index contributed by atoms with van der Waals surface area (Å²) in [5, 5.41) is 1.57. The summed E-state index contributed by atoms with van der Waals surface area (Å²) in [6.45, 7) is 9.83. The molecule has 2 aliphatic rings. The van der Waals surface area contributed by atoms with Crippen molar-refractivity contribution in [2.45, 2.75) is 76.0 Å². The van der Waals surface area contributed by atoms with E-state index in [1.54, 1.807) is 5.31 Å². The third-order valence-corrected chi connectivity index (χ3v) is 11.7. The molecular formula is C20H28P2Y-2. The van der Waals surface area contributed by atoms with E-state index in [9.17, 15) is 0 Å². The van der Waals surface area contributed by atoms with Gasteiger partial charge >= 0.3 is 0 Å². The third kappa shape index (κ3) is 4.56. The van der Waals surface area contributed by atoms with Crippen molar-refractivity contribution < 1.29 is 32.7 Å². The van der Waals surface area contributed by atoms with Gasteiger partial charge in [-0.25, -0.2) is 12.1 Å². The van der Waals surface area contributed by atoms with Gasteiger partial charge in [0, 0.05) is 32.7 Å². The fourth-order valence-corrected chi connectivity index (χ4v) is 10.3. The number of benzene rings is 1. The minimum Gasteiger partial charge on any atom is -0.296 e. The van der Waals surface area contributed by atoms with Gasteiger partial charge < -0.3 is 0 Å². The second kappa shape index (κ2) is 9.03. The molecule has 0 N–H and O–H groups in total. The summed E-state index contributed by atoms with van der Waals surface area (Å²) in [5.41, 5.74) is 4.75. The molecule has 1 aromatic rings. The van der Waals surface area contributed by atoms with E-state index in [-0.39, 0.29) is 48.6 Å². The largest absolute Gasteiger partial charge is 0.296 e. The Hall–Kier alpha value is 0.924. The van der Waals surface area contributed by atoms with Crippen LogP contribution in [0.15, 0.2) is 24.3 Å². The SMILES string of the molecule is CC1CCC(C)P1[C-]=C(c1[c-]cccc1)P1C(C)CCC1C.[Y]. The monoisotopic (exact) mass is 419 g/mol. The van der Waals surface area contributed by atoms with E-state index in [2.05, 4.69) is 63.8 Å². The van der Waals surface area contributed by atoms with E-state index in [1.807, 2.05) is 0 Å². The quantitative estimate of drug-likeness (QED) is 0.378. The molecule has 2 heterocycles. The molecule has 0 aromatic heterocycles. The van der Waals surface area contributed by atoms with Crippen molar-refractivity contribution in [2.24, 2.45) is 0 Å². The van der Waals surface area contributed by atoms with Crippen molar-refractivity contribution in [3.8, 4) is 0 Å². The van der Waals surface area contributed by atoms with E-state index in [0.29, 0.717) is 0 Å². The van der Waals surface area contributed by atoms with E-state index in [0.717, 1.165) is 22.6 Å². The molecule has 1 radical (unpaired) electrons. The first-order valence-electron chi connectivity index (χ1n) is 8.75. The third-order valence-electron chi connectivity index (χ3n) is 5.36. The molecule has 0 aliphatic carbocycles. The van der Waals surface area contributed by atoms with Gasteiger partial charge in [-0.1, -0.05) is 27.7 Å². The predicted molar refractivity (Wildman–Crippen MR) is 102 cm³/mol. The maximum absolute atomic E-state index is 4.11. The molecule has 2 saturated heterocycles. The molecule has 4 atom stereocenters. The van der Waals surface area contributed by atoms with Gasteiger partial charge in [0.05, 0.1) is 0 Å². The number of rotatable bonds is 3. The minimum atomic E-state index is -0.0756. The fraction of sp³-hybridized carbons (Fsp3) is 0.600. The fourth-order valence-electron chi connectivity index (χ4n) is 3.97. The van der Waals surface area contributed by atoms with Gasteiger partial charge in [0.1, 0.15) is 0 Å². The zero-order chi connectivity index (χ0) is 15.7. The van der Waals surface area contributed by atoms with Gasteiger partial charge in [-0.05, 0) is 48.3 Å². The molecule has 0 saturated carbocycles. The molecule has 0 bridgehead atoms. The molecular weight excluding hydrogens is 391 g/mol. The van der Waals surface area contributed by atoms with Crippen molar-refractivity contribution in [3.63, 3.8) is 0 Å². The van der Waals surface area contributed by atoms with Crippen LogP contribution in [0.4, 0.5) is 0 Å². The zero-order valence-corrected chi connectivity index (χ0v) is 19.5. The summed E-state index contributed by atoms with van der Waals surface area (Å²) in [6, 6.07) is 12.1. The first kappa shape index (κ1) is 20.2. The molecule has 0 spiro atoms. The second-order valence-electron chi connectivity index (χ2n) is 7.10. The van der Waals surface area contributed by atoms with Gasteiger partial charge in [0.25, 0.3) is 0 Å². The minimum absolute atomic E-state index is 0. The Morgan fingerprint density at radius 3 is 2.04 bits per heavy atom. The number of hydrogen-bond acceptors (Lipinski definition) is 0. The number of hydrogen-bond donors (Lipinski definition) is 0. The molecule has 2 aliphatic heterocycles. The van der Waals surface area contributed by atoms with Crippen LogP contribution in [0, 0.1) is 11.9 Å². The molecule has 3 rings (SSSR count). The van der Waals surface area contributed by atoms with Crippen LogP contribution >= 0.6 is 15.8 Å². The molecule has 3 heteroatoms. The Kier molecular flexibility index (Phi) is 7.95. The van der Waals surface area contributed by atoms with Crippen LogP contribution in [-0.4, -0.2) is 22.6 Å². The summed E-state index contributed by atoms with van der Waals surface area (Å²) in [6.07, 6.45) is 5.59. The van der Waals surface area contributed by atoms with Crippen LogP contribution in [0.3, 0.4) is 0 Å².